The van der Waals surface area contributed by atoms with Crippen molar-refractivity contribution in [2.24, 2.45) is 0 Å². The molecule has 3 aromatic rings. The van der Waals surface area contributed by atoms with Gasteiger partial charge in [0.15, 0.2) is 0 Å². The van der Waals surface area contributed by atoms with Gasteiger partial charge in [-0.15, -0.1) is 23.1 Å². The minimum atomic E-state index is 0.0950. The number of carbonyl (C=O) groups excluding carboxylic acids is 1. The number of carbonyl (C=O) groups is 1. The fourth-order valence-electron chi connectivity index (χ4n) is 2.97. The molecule has 1 aliphatic rings. The summed E-state index contributed by atoms with van der Waals surface area (Å²) >= 11 is 7.01. The van der Waals surface area contributed by atoms with Gasteiger partial charge in [0, 0.05) is 27.2 Å². The first-order valence-electron chi connectivity index (χ1n) is 8.04. The summed E-state index contributed by atoms with van der Waals surface area (Å²) in [5.74, 6) is 1.08. The number of benzene rings is 2. The van der Waals surface area contributed by atoms with Gasteiger partial charge in [0.25, 0.3) is 5.91 Å². The molecule has 0 spiro atoms. The van der Waals surface area contributed by atoms with Gasteiger partial charge >= 0.3 is 0 Å². The maximum absolute atomic E-state index is 13.0. The fourth-order valence-corrected chi connectivity index (χ4v) is 5.22. The Bertz CT molecular complexity index is 860. The number of rotatable bonds is 3. The predicted molar refractivity (Wildman–Crippen MR) is 110 cm³/mol. The Balaban J connectivity index is 1.56. The normalized spacial score (nSPS) is 17.0. The maximum atomic E-state index is 13.0. The molecule has 0 N–H and O–H groups in total. The van der Waals surface area contributed by atoms with Gasteiger partial charge in [-0.1, -0.05) is 46.3 Å². The zero-order valence-electron chi connectivity index (χ0n) is 13.4. The summed E-state index contributed by atoms with van der Waals surface area (Å²) in [5, 5.41) is 2.16. The van der Waals surface area contributed by atoms with E-state index in [4.69, 9.17) is 0 Å². The van der Waals surface area contributed by atoms with Crippen molar-refractivity contribution in [2.45, 2.75) is 5.37 Å². The van der Waals surface area contributed by atoms with Crippen LogP contribution in [-0.4, -0.2) is 23.1 Å². The van der Waals surface area contributed by atoms with Gasteiger partial charge in [-0.05, 0) is 46.8 Å². The van der Waals surface area contributed by atoms with E-state index in [1.807, 2.05) is 59.1 Å². The summed E-state index contributed by atoms with van der Waals surface area (Å²) < 4.78 is 1.06. The van der Waals surface area contributed by atoms with Crippen molar-refractivity contribution in [3.8, 4) is 10.4 Å². The lowest BCUT2D eigenvalue weighted by molar-refractivity contribution is 0.0760. The first kappa shape index (κ1) is 16.9. The van der Waals surface area contributed by atoms with Crippen LogP contribution in [0.3, 0.4) is 0 Å². The topological polar surface area (TPSA) is 20.3 Å². The average Bonchev–Trinajstić information content (AvgIpc) is 3.34. The van der Waals surface area contributed by atoms with Gasteiger partial charge in [-0.2, -0.15) is 0 Å². The lowest BCUT2D eigenvalue weighted by atomic mass is 10.1. The molecule has 4 rings (SSSR count). The minimum Gasteiger partial charge on any atom is -0.322 e. The summed E-state index contributed by atoms with van der Waals surface area (Å²) in [5.41, 5.74) is 3.09. The molecular weight excluding hydrogens is 414 g/mol. The van der Waals surface area contributed by atoms with Crippen LogP contribution in [-0.2, 0) is 0 Å². The van der Waals surface area contributed by atoms with Gasteiger partial charge in [-0.25, -0.2) is 0 Å². The first-order chi connectivity index (χ1) is 12.2. The smallest absolute Gasteiger partial charge is 0.255 e. The molecular formula is C20H16BrNOS2. The molecule has 1 unspecified atom stereocenters. The van der Waals surface area contributed by atoms with Crippen molar-refractivity contribution >= 4 is 44.9 Å². The van der Waals surface area contributed by atoms with E-state index in [1.54, 1.807) is 11.3 Å². The van der Waals surface area contributed by atoms with Crippen LogP contribution in [0.1, 0.15) is 21.3 Å². The molecule has 1 saturated heterocycles. The lowest BCUT2D eigenvalue weighted by Crippen LogP contribution is -2.30. The van der Waals surface area contributed by atoms with E-state index in [-0.39, 0.29) is 11.3 Å². The highest BCUT2D eigenvalue weighted by molar-refractivity contribution is 9.10. The summed E-state index contributed by atoms with van der Waals surface area (Å²) in [6.07, 6.45) is 0. The van der Waals surface area contributed by atoms with Crippen LogP contribution in [0.15, 0.2) is 70.5 Å². The Morgan fingerprint density at radius 3 is 2.48 bits per heavy atom. The summed E-state index contributed by atoms with van der Waals surface area (Å²) in [7, 11) is 0. The van der Waals surface area contributed by atoms with Crippen molar-refractivity contribution < 1.29 is 4.79 Å². The third-order valence-electron chi connectivity index (χ3n) is 4.24. The molecule has 1 amide bonds. The second-order valence-corrected chi connectivity index (χ2v) is 8.88. The molecule has 2 nitrogen and oxygen atoms in total. The largest absolute Gasteiger partial charge is 0.322 e. The van der Waals surface area contributed by atoms with E-state index >= 15 is 0 Å². The second kappa shape index (κ2) is 7.36. The summed E-state index contributed by atoms with van der Waals surface area (Å²) in [6.45, 7) is 0.789. The Morgan fingerprint density at radius 1 is 1.04 bits per heavy atom. The third kappa shape index (κ3) is 3.54. The van der Waals surface area contributed by atoms with E-state index < -0.39 is 0 Å². The number of halogens is 1. The van der Waals surface area contributed by atoms with Crippen molar-refractivity contribution in [1.29, 1.82) is 0 Å². The van der Waals surface area contributed by atoms with Crippen LogP contribution in [0.2, 0.25) is 0 Å². The van der Waals surface area contributed by atoms with Crippen molar-refractivity contribution in [2.75, 3.05) is 12.3 Å². The van der Waals surface area contributed by atoms with E-state index in [1.165, 1.54) is 10.4 Å². The van der Waals surface area contributed by atoms with Gasteiger partial charge < -0.3 is 4.90 Å². The molecule has 2 heterocycles. The number of hydrogen-bond acceptors (Lipinski definition) is 3. The molecule has 1 aliphatic heterocycles. The van der Waals surface area contributed by atoms with E-state index in [0.717, 1.165) is 27.9 Å². The number of nitrogens with zero attached hydrogens (tertiary/aromatic N) is 1. The highest BCUT2D eigenvalue weighted by Gasteiger charge is 2.31. The summed E-state index contributed by atoms with van der Waals surface area (Å²) in [4.78, 5) is 16.2. The molecule has 0 radical (unpaired) electrons. The number of amides is 1. The Morgan fingerprint density at radius 2 is 1.80 bits per heavy atom. The SMILES string of the molecule is O=C(c1ccc(-c2cccs2)cc1)N1CCSC1c1ccc(Br)cc1. The third-order valence-corrected chi connectivity index (χ3v) is 6.95. The zero-order chi connectivity index (χ0) is 17.2. The predicted octanol–water partition coefficient (Wildman–Crippen LogP) is 6.07. The maximum Gasteiger partial charge on any atom is 0.255 e. The number of hydrogen-bond donors (Lipinski definition) is 0. The average molecular weight is 430 g/mol. The molecule has 0 bridgehead atoms. The molecule has 1 aromatic heterocycles. The highest BCUT2D eigenvalue weighted by Crippen LogP contribution is 2.39. The van der Waals surface area contributed by atoms with Crippen LogP contribution >= 0.6 is 39.0 Å². The van der Waals surface area contributed by atoms with Crippen molar-refractivity contribution in [3.05, 3.63) is 81.6 Å². The van der Waals surface area contributed by atoms with Crippen LogP contribution in [0.4, 0.5) is 0 Å². The molecule has 1 fully saturated rings. The standard InChI is InChI=1S/C20H16BrNOS2/c21-17-9-7-16(8-10-17)20-22(11-13-25-20)19(23)15-5-3-14(4-6-15)18-2-1-12-24-18/h1-10,12,20H,11,13H2. The van der Waals surface area contributed by atoms with Gasteiger partial charge in [0.1, 0.15) is 5.37 Å². The van der Waals surface area contributed by atoms with Crippen LogP contribution < -0.4 is 0 Å². The first-order valence-corrected chi connectivity index (χ1v) is 10.8. The molecule has 0 aliphatic carbocycles. The lowest BCUT2D eigenvalue weighted by Gasteiger charge is -2.24. The van der Waals surface area contributed by atoms with Gasteiger partial charge in [0.05, 0.1) is 0 Å². The molecule has 1 atom stereocenters. The molecule has 0 saturated carbocycles. The highest BCUT2D eigenvalue weighted by atomic mass is 79.9. The van der Waals surface area contributed by atoms with Gasteiger partial charge in [-0.3, -0.25) is 4.79 Å². The zero-order valence-corrected chi connectivity index (χ0v) is 16.6. The Hall–Kier alpha value is -1.56. The second-order valence-electron chi connectivity index (χ2n) is 5.83. The van der Waals surface area contributed by atoms with E-state index in [2.05, 4.69) is 39.5 Å². The van der Waals surface area contributed by atoms with Crippen molar-refractivity contribution in [3.63, 3.8) is 0 Å². The molecule has 25 heavy (non-hydrogen) atoms. The van der Waals surface area contributed by atoms with E-state index in [9.17, 15) is 4.79 Å². The fraction of sp³-hybridized carbons (Fsp3) is 0.150. The van der Waals surface area contributed by atoms with E-state index in [0.29, 0.717) is 0 Å². The van der Waals surface area contributed by atoms with Crippen molar-refractivity contribution in [1.82, 2.24) is 4.90 Å². The summed E-state index contributed by atoms with van der Waals surface area (Å²) in [6, 6.07) is 20.4. The van der Waals surface area contributed by atoms with Crippen LogP contribution in [0.5, 0.6) is 0 Å². The molecule has 5 heteroatoms. The number of thiophene rings is 1. The van der Waals surface area contributed by atoms with Crippen LogP contribution in [0, 0.1) is 0 Å². The number of thioether (sulfide) groups is 1. The monoisotopic (exact) mass is 429 g/mol. The minimum absolute atomic E-state index is 0.0950. The Kier molecular flexibility index (Phi) is 4.97. The molecule has 2 aromatic carbocycles. The van der Waals surface area contributed by atoms with Gasteiger partial charge in [0.2, 0.25) is 0 Å². The van der Waals surface area contributed by atoms with Crippen LogP contribution in [0.25, 0.3) is 10.4 Å². The molecule has 126 valence electrons. The Labute approximate surface area is 164 Å². The quantitative estimate of drug-likeness (QED) is 0.503.